The molecule has 0 saturated heterocycles. The number of hydrogen-bond acceptors (Lipinski definition) is 5. The molecule has 5 aromatic rings. The van der Waals surface area contributed by atoms with Crippen LogP contribution in [0.5, 0.6) is 0 Å². The topological polar surface area (TPSA) is 60.6 Å². The van der Waals surface area contributed by atoms with Crippen molar-refractivity contribution in [1.82, 2.24) is 30.1 Å². The molecule has 0 aliphatic carbocycles. The third-order valence-corrected chi connectivity index (χ3v) is 6.80. The van der Waals surface area contributed by atoms with Crippen LogP contribution in [0.25, 0.3) is 16.6 Å². The molecule has 0 aliphatic rings. The summed E-state index contributed by atoms with van der Waals surface area (Å²) < 4.78 is 4.15. The molecule has 5 rings (SSSR count). The smallest absolute Gasteiger partial charge is 0.214 e. The molecule has 3 aromatic carbocycles. The molecule has 7 heteroatoms. The highest BCUT2D eigenvalue weighted by atomic mass is 32.2. The van der Waals surface area contributed by atoms with E-state index in [-0.39, 0.29) is 0 Å². The average Bonchev–Trinajstić information content (AvgIpc) is 3.47. The molecule has 0 spiro atoms. The number of thioether (sulfide) groups is 1. The molecule has 1 N–H and O–H groups in total. The van der Waals surface area contributed by atoms with Gasteiger partial charge in [-0.3, -0.25) is 0 Å². The van der Waals surface area contributed by atoms with Crippen LogP contribution in [0.15, 0.2) is 90.2 Å². The van der Waals surface area contributed by atoms with E-state index < -0.39 is 0 Å². The third kappa shape index (κ3) is 5.21. The Morgan fingerprint density at radius 3 is 2.68 bits per heavy atom. The van der Waals surface area contributed by atoms with Crippen molar-refractivity contribution in [1.29, 1.82) is 0 Å². The standard InChI is InChI=1S/C27H28N6S/c1-21-9-7-10-22(17-21)19-32-20-23(25-13-5-6-14-26(25)32)18-28-15-8-16-34-27-29-30-31-33(27)24-11-3-2-4-12-24/h2-7,9-14,17,20,28H,8,15-16,18-19H2,1H3. The monoisotopic (exact) mass is 468 g/mol. The van der Waals surface area contributed by atoms with Gasteiger partial charge in [0.15, 0.2) is 0 Å². The zero-order valence-corrected chi connectivity index (χ0v) is 20.1. The molecular weight excluding hydrogens is 440 g/mol. The Morgan fingerprint density at radius 1 is 0.941 bits per heavy atom. The second-order valence-electron chi connectivity index (χ2n) is 8.38. The van der Waals surface area contributed by atoms with Crippen LogP contribution in [0.2, 0.25) is 0 Å². The van der Waals surface area contributed by atoms with Crippen molar-refractivity contribution in [3.8, 4) is 5.69 Å². The molecule has 0 bridgehead atoms. The van der Waals surface area contributed by atoms with E-state index in [1.807, 2.05) is 30.3 Å². The van der Waals surface area contributed by atoms with Crippen LogP contribution in [0.4, 0.5) is 0 Å². The lowest BCUT2D eigenvalue weighted by Gasteiger charge is -2.06. The minimum absolute atomic E-state index is 0.824. The summed E-state index contributed by atoms with van der Waals surface area (Å²) in [5.74, 6) is 0.954. The molecule has 0 fully saturated rings. The summed E-state index contributed by atoms with van der Waals surface area (Å²) in [6.45, 7) is 4.83. The van der Waals surface area contributed by atoms with Gasteiger partial charge in [0.25, 0.3) is 0 Å². The van der Waals surface area contributed by atoms with Crippen molar-refractivity contribution < 1.29 is 0 Å². The van der Waals surface area contributed by atoms with Gasteiger partial charge < -0.3 is 9.88 Å². The highest BCUT2D eigenvalue weighted by Gasteiger charge is 2.10. The van der Waals surface area contributed by atoms with Crippen LogP contribution in [0.3, 0.4) is 0 Å². The molecule has 0 saturated carbocycles. The number of hydrogen-bond donors (Lipinski definition) is 1. The first-order valence-corrected chi connectivity index (χ1v) is 12.6. The van der Waals surface area contributed by atoms with Crippen molar-refractivity contribution in [3.63, 3.8) is 0 Å². The summed E-state index contributed by atoms with van der Waals surface area (Å²) in [7, 11) is 0. The molecule has 0 aliphatic heterocycles. The van der Waals surface area contributed by atoms with Gasteiger partial charge in [-0.2, -0.15) is 4.68 Å². The van der Waals surface area contributed by atoms with Gasteiger partial charge in [0.1, 0.15) is 0 Å². The number of fused-ring (bicyclic) bond motifs is 1. The molecule has 0 amide bonds. The number of aromatic nitrogens is 5. The van der Waals surface area contributed by atoms with Crippen molar-refractivity contribution in [3.05, 3.63) is 102 Å². The van der Waals surface area contributed by atoms with Crippen LogP contribution in [-0.2, 0) is 13.1 Å². The second kappa shape index (κ2) is 10.7. The lowest BCUT2D eigenvalue weighted by atomic mass is 10.1. The molecule has 6 nitrogen and oxygen atoms in total. The summed E-state index contributed by atoms with van der Waals surface area (Å²) in [5.41, 5.74) is 6.23. The van der Waals surface area contributed by atoms with E-state index in [4.69, 9.17) is 0 Å². The van der Waals surface area contributed by atoms with Gasteiger partial charge >= 0.3 is 0 Å². The largest absolute Gasteiger partial charge is 0.343 e. The predicted molar refractivity (Wildman–Crippen MR) is 138 cm³/mol. The molecule has 34 heavy (non-hydrogen) atoms. The first-order chi connectivity index (χ1) is 16.8. The Balaban J connectivity index is 1.16. The van der Waals surface area contributed by atoms with Gasteiger partial charge in [0.05, 0.1) is 5.69 Å². The first-order valence-electron chi connectivity index (χ1n) is 11.6. The van der Waals surface area contributed by atoms with Crippen molar-refractivity contribution in [2.45, 2.75) is 31.6 Å². The van der Waals surface area contributed by atoms with Crippen LogP contribution in [-0.4, -0.2) is 37.1 Å². The second-order valence-corrected chi connectivity index (χ2v) is 9.44. The van der Waals surface area contributed by atoms with Gasteiger partial charge in [-0.25, -0.2) is 0 Å². The lowest BCUT2D eigenvalue weighted by Crippen LogP contribution is -2.15. The molecule has 0 atom stereocenters. The molecule has 2 aromatic heterocycles. The summed E-state index contributed by atoms with van der Waals surface area (Å²) in [5, 5.41) is 17.9. The summed E-state index contributed by atoms with van der Waals surface area (Å²) in [4.78, 5) is 0. The van der Waals surface area contributed by atoms with Gasteiger partial charge in [0.2, 0.25) is 5.16 Å². The minimum Gasteiger partial charge on any atom is -0.343 e. The Labute approximate surface area is 204 Å². The molecule has 0 unspecified atom stereocenters. The van der Waals surface area contributed by atoms with Crippen LogP contribution in [0.1, 0.15) is 23.1 Å². The summed E-state index contributed by atoms with van der Waals surface area (Å²) in [6, 6.07) is 27.4. The first kappa shape index (κ1) is 22.4. The molecular formula is C27H28N6S. The lowest BCUT2D eigenvalue weighted by molar-refractivity contribution is 0.677. The summed E-state index contributed by atoms with van der Waals surface area (Å²) in [6.07, 6.45) is 3.33. The molecule has 0 radical (unpaired) electrons. The van der Waals surface area contributed by atoms with E-state index in [0.717, 1.165) is 42.7 Å². The average molecular weight is 469 g/mol. The molecule has 172 valence electrons. The number of benzene rings is 3. The summed E-state index contributed by atoms with van der Waals surface area (Å²) >= 11 is 1.69. The van der Waals surface area contributed by atoms with Crippen LogP contribution < -0.4 is 5.32 Å². The van der Waals surface area contributed by atoms with E-state index in [2.05, 4.69) is 87.1 Å². The van der Waals surface area contributed by atoms with Crippen LogP contribution in [0, 0.1) is 6.92 Å². The fourth-order valence-electron chi connectivity index (χ4n) is 4.19. The van der Waals surface area contributed by atoms with Gasteiger partial charge in [-0.15, -0.1) is 5.10 Å². The van der Waals surface area contributed by atoms with Gasteiger partial charge in [0, 0.05) is 35.9 Å². The predicted octanol–water partition coefficient (Wildman–Crippen LogP) is 5.25. The van der Waals surface area contributed by atoms with Crippen LogP contribution >= 0.6 is 11.8 Å². The number of nitrogens with zero attached hydrogens (tertiary/aromatic N) is 5. The number of rotatable bonds is 10. The van der Waals surface area contributed by atoms with E-state index in [0.29, 0.717) is 0 Å². The maximum Gasteiger partial charge on any atom is 0.214 e. The normalized spacial score (nSPS) is 11.3. The third-order valence-electron chi connectivity index (χ3n) is 5.79. The SMILES string of the molecule is Cc1cccc(Cn2cc(CNCCCSc3nnnn3-c3ccccc3)c3ccccc32)c1. The molecule has 2 heterocycles. The van der Waals surface area contributed by atoms with Crippen molar-refractivity contribution >= 4 is 22.7 Å². The van der Waals surface area contributed by atoms with E-state index >= 15 is 0 Å². The van der Waals surface area contributed by atoms with Gasteiger partial charge in [-0.1, -0.05) is 78.0 Å². The number of tetrazole rings is 1. The quantitative estimate of drug-likeness (QED) is 0.224. The van der Waals surface area contributed by atoms with E-state index in [1.165, 1.54) is 27.6 Å². The number of aryl methyl sites for hydroxylation is 1. The Hall–Kier alpha value is -3.42. The van der Waals surface area contributed by atoms with Crippen molar-refractivity contribution in [2.24, 2.45) is 0 Å². The van der Waals surface area contributed by atoms with Crippen molar-refractivity contribution in [2.75, 3.05) is 12.3 Å². The fourth-order valence-corrected chi connectivity index (χ4v) is 5.02. The maximum atomic E-state index is 4.18. The van der Waals surface area contributed by atoms with E-state index in [1.54, 1.807) is 16.4 Å². The Morgan fingerprint density at radius 2 is 1.79 bits per heavy atom. The number of para-hydroxylation sites is 2. The fraction of sp³-hybridized carbons (Fsp3) is 0.222. The minimum atomic E-state index is 0.824. The number of nitrogens with one attached hydrogen (secondary N) is 1. The highest BCUT2D eigenvalue weighted by molar-refractivity contribution is 7.99. The Bertz CT molecular complexity index is 1360. The Kier molecular flexibility index (Phi) is 7.02. The highest BCUT2D eigenvalue weighted by Crippen LogP contribution is 2.23. The van der Waals surface area contributed by atoms with Gasteiger partial charge in [-0.05, 0) is 59.6 Å². The maximum absolute atomic E-state index is 4.18. The van der Waals surface area contributed by atoms with E-state index in [9.17, 15) is 0 Å². The zero-order chi connectivity index (χ0) is 23.2. The zero-order valence-electron chi connectivity index (χ0n) is 19.3.